The van der Waals surface area contributed by atoms with Crippen LogP contribution in [0.25, 0.3) is 0 Å². The van der Waals surface area contributed by atoms with E-state index in [0.717, 1.165) is 62.9 Å². The Kier molecular flexibility index (Phi) is 6.70. The van der Waals surface area contributed by atoms with Crippen LogP contribution in [0, 0.1) is 17.8 Å². The molecule has 1 saturated carbocycles. The van der Waals surface area contributed by atoms with Crippen LogP contribution in [-0.4, -0.2) is 59.1 Å². The van der Waals surface area contributed by atoms with Crippen LogP contribution >= 0.6 is 0 Å². The maximum Gasteiger partial charge on any atom is 0.416 e. The van der Waals surface area contributed by atoms with Gasteiger partial charge in [-0.3, -0.25) is 9.69 Å². The maximum atomic E-state index is 13.3. The van der Waals surface area contributed by atoms with Crippen molar-refractivity contribution in [1.29, 1.82) is 0 Å². The van der Waals surface area contributed by atoms with Gasteiger partial charge in [0.05, 0.1) is 11.6 Å². The average Bonchev–Trinajstić information content (AvgIpc) is 3.36. The molecule has 3 aromatic carbocycles. The van der Waals surface area contributed by atoms with Crippen LogP contribution in [0.15, 0.2) is 66.7 Å². The number of amides is 1. The molecule has 0 unspecified atom stereocenters. The molecule has 1 N–H and O–H groups in total. The van der Waals surface area contributed by atoms with Crippen molar-refractivity contribution >= 4 is 5.91 Å². The molecule has 5 atom stereocenters. The molecule has 2 heterocycles. The van der Waals surface area contributed by atoms with Crippen LogP contribution < -0.4 is 4.74 Å². The Morgan fingerprint density at radius 2 is 1.86 bits per heavy atom. The van der Waals surface area contributed by atoms with E-state index in [0.29, 0.717) is 23.3 Å². The highest BCUT2D eigenvalue weighted by Gasteiger charge is 2.66. The van der Waals surface area contributed by atoms with Crippen molar-refractivity contribution in [3.05, 3.63) is 94.5 Å². The molecule has 1 saturated heterocycles. The number of phenolic OH excluding ortho intramolecular Hbond substituents is 1. The predicted octanol–water partition coefficient (Wildman–Crippen LogP) is 5.57. The molecule has 2 aliphatic carbocycles. The number of nitrogens with zero attached hydrogens (tertiary/aromatic N) is 2. The molecule has 7 rings (SSSR count). The summed E-state index contributed by atoms with van der Waals surface area (Å²) in [6.07, 6.45) is -0.283. The second-order valence-electron chi connectivity index (χ2n) is 12.3. The largest absolute Gasteiger partial charge is 0.504 e. The summed E-state index contributed by atoms with van der Waals surface area (Å²) >= 11 is 0. The zero-order valence-electron chi connectivity index (χ0n) is 23.9. The number of carbonyl (C=O) groups excluding carboxylic acids is 1. The third-order valence-corrected chi connectivity index (χ3v) is 10.3. The fourth-order valence-electron chi connectivity index (χ4n) is 8.30. The highest BCUT2D eigenvalue weighted by atomic mass is 19.4. The first-order chi connectivity index (χ1) is 20.7. The molecule has 1 spiro atoms. The van der Waals surface area contributed by atoms with Gasteiger partial charge in [-0.2, -0.15) is 13.2 Å². The Morgan fingerprint density at radius 3 is 2.60 bits per heavy atom. The first kappa shape index (κ1) is 27.8. The van der Waals surface area contributed by atoms with Crippen LogP contribution in [0.1, 0.15) is 47.1 Å². The van der Waals surface area contributed by atoms with Crippen molar-refractivity contribution in [2.75, 3.05) is 20.1 Å². The Hall–Kier alpha value is -3.96. The number of ether oxygens (including phenoxy) is 1. The van der Waals surface area contributed by atoms with Gasteiger partial charge in [-0.1, -0.05) is 42.3 Å². The number of aromatic hydroxyl groups is 1. The van der Waals surface area contributed by atoms with Gasteiger partial charge in [0.1, 0.15) is 6.10 Å². The van der Waals surface area contributed by atoms with E-state index >= 15 is 0 Å². The van der Waals surface area contributed by atoms with E-state index in [2.05, 4.69) is 41.0 Å². The predicted molar refractivity (Wildman–Crippen MR) is 156 cm³/mol. The van der Waals surface area contributed by atoms with E-state index < -0.39 is 17.6 Å². The fourth-order valence-corrected chi connectivity index (χ4v) is 8.30. The average molecular weight is 587 g/mol. The summed E-state index contributed by atoms with van der Waals surface area (Å²) < 4.78 is 45.4. The zero-order valence-corrected chi connectivity index (χ0v) is 23.9. The van der Waals surface area contributed by atoms with Crippen LogP contribution in [-0.2, 0) is 29.2 Å². The van der Waals surface area contributed by atoms with Crippen molar-refractivity contribution < 1.29 is 27.8 Å². The van der Waals surface area contributed by atoms with Crippen LogP contribution in [0.2, 0.25) is 0 Å². The standard InChI is InChI=1S/C35H33F3N2O3/c1-39(30(42)16-9-23-7-11-25(12-8-23)35(36,37)38)27-14-13-26-28-21-24-10-15-29(41)32-31(24)34(26,33(27)43-32)18-20-40(28)19-17-22-5-3-2-4-6-22/h2-8,10-12,15,26-28,33,41H,13-14,17-21H2,1H3/t26-,27+,28+,33-,34-/m0/s1. The van der Waals surface area contributed by atoms with Gasteiger partial charge in [0, 0.05) is 42.1 Å². The number of rotatable bonds is 4. The zero-order chi connectivity index (χ0) is 29.9. The van der Waals surface area contributed by atoms with Gasteiger partial charge in [-0.05, 0) is 86.0 Å². The second kappa shape index (κ2) is 10.3. The molecule has 3 aromatic rings. The Bertz CT molecular complexity index is 1610. The van der Waals surface area contributed by atoms with Crippen LogP contribution in [0.4, 0.5) is 13.2 Å². The summed E-state index contributed by atoms with van der Waals surface area (Å²) in [5.41, 5.74) is 2.97. The number of hydrogen-bond donors (Lipinski definition) is 1. The van der Waals surface area contributed by atoms with E-state index in [-0.39, 0.29) is 23.3 Å². The number of alkyl halides is 3. The van der Waals surface area contributed by atoms with Gasteiger partial charge < -0.3 is 14.7 Å². The topological polar surface area (TPSA) is 53.0 Å². The first-order valence-corrected chi connectivity index (χ1v) is 14.9. The minimum absolute atomic E-state index is 0.140. The van der Waals surface area contributed by atoms with Gasteiger partial charge >= 0.3 is 6.18 Å². The molecule has 43 heavy (non-hydrogen) atoms. The molecule has 1 amide bonds. The molecular weight excluding hydrogens is 553 g/mol. The summed E-state index contributed by atoms with van der Waals surface area (Å²) in [6, 6.07) is 18.9. The molecule has 2 aliphatic heterocycles. The normalized spacial score (nSPS) is 27.0. The first-order valence-electron chi connectivity index (χ1n) is 14.9. The monoisotopic (exact) mass is 586 g/mol. The number of halogens is 3. The molecule has 0 radical (unpaired) electrons. The van der Waals surface area contributed by atoms with Crippen molar-refractivity contribution in [2.24, 2.45) is 5.92 Å². The molecule has 5 nitrogen and oxygen atoms in total. The summed E-state index contributed by atoms with van der Waals surface area (Å²) in [6.45, 7) is 1.90. The molecule has 222 valence electrons. The minimum Gasteiger partial charge on any atom is -0.504 e. The number of carbonyl (C=O) groups is 1. The lowest BCUT2D eigenvalue weighted by atomic mass is 9.51. The summed E-state index contributed by atoms with van der Waals surface area (Å²) in [5, 5.41) is 10.9. The molecule has 2 bridgehead atoms. The number of likely N-dealkylation sites (N-methyl/N-ethyl adjacent to an activating group) is 1. The van der Waals surface area contributed by atoms with Crippen molar-refractivity contribution in [3.63, 3.8) is 0 Å². The van der Waals surface area contributed by atoms with Crippen molar-refractivity contribution in [3.8, 4) is 23.3 Å². The highest BCUT2D eigenvalue weighted by Crippen LogP contribution is 2.64. The van der Waals surface area contributed by atoms with E-state index in [1.54, 1.807) is 18.0 Å². The van der Waals surface area contributed by atoms with Crippen molar-refractivity contribution in [2.45, 2.75) is 61.9 Å². The van der Waals surface area contributed by atoms with Gasteiger partial charge in [-0.15, -0.1) is 0 Å². The lowest BCUT2D eigenvalue weighted by molar-refractivity contribution is -0.137. The third-order valence-electron chi connectivity index (χ3n) is 10.3. The minimum atomic E-state index is -4.43. The van der Waals surface area contributed by atoms with Gasteiger partial charge in [-0.25, -0.2) is 0 Å². The quantitative estimate of drug-likeness (QED) is 0.406. The van der Waals surface area contributed by atoms with Crippen molar-refractivity contribution in [1.82, 2.24) is 9.80 Å². The van der Waals surface area contributed by atoms with E-state index in [1.807, 2.05) is 12.1 Å². The molecule has 0 aromatic heterocycles. The van der Waals surface area contributed by atoms with Gasteiger partial charge in [0.15, 0.2) is 11.5 Å². The molecule has 8 heteroatoms. The smallest absolute Gasteiger partial charge is 0.416 e. The molecular formula is C35H33F3N2O3. The van der Waals surface area contributed by atoms with Gasteiger partial charge in [0.2, 0.25) is 0 Å². The molecule has 4 aliphatic rings. The van der Waals surface area contributed by atoms with Crippen LogP contribution in [0.5, 0.6) is 11.5 Å². The lowest BCUT2D eigenvalue weighted by Gasteiger charge is -2.60. The fraction of sp³-hybridized carbons (Fsp3) is 0.400. The third kappa shape index (κ3) is 4.56. The number of piperidine rings is 1. The summed E-state index contributed by atoms with van der Waals surface area (Å²) in [7, 11) is 1.73. The summed E-state index contributed by atoms with van der Waals surface area (Å²) in [5.74, 6) is 6.01. The Morgan fingerprint density at radius 1 is 1.09 bits per heavy atom. The van der Waals surface area contributed by atoms with E-state index in [9.17, 15) is 23.1 Å². The number of benzene rings is 3. The van der Waals surface area contributed by atoms with Crippen LogP contribution in [0.3, 0.4) is 0 Å². The second-order valence-corrected chi connectivity index (χ2v) is 12.3. The summed E-state index contributed by atoms with van der Waals surface area (Å²) in [4.78, 5) is 17.6. The van der Waals surface area contributed by atoms with E-state index in [4.69, 9.17) is 4.74 Å². The maximum absolute atomic E-state index is 13.3. The van der Waals surface area contributed by atoms with Gasteiger partial charge in [0.25, 0.3) is 5.91 Å². The number of hydrogen-bond acceptors (Lipinski definition) is 4. The number of phenols is 1. The highest BCUT2D eigenvalue weighted by molar-refractivity contribution is 5.94. The van der Waals surface area contributed by atoms with E-state index in [1.165, 1.54) is 23.3 Å². The SMILES string of the molecule is CN(C(=O)C#Cc1ccc(C(F)(F)F)cc1)[C@@H]1CC[C@H]2[C@H]3Cc4ccc(O)c5c4[C@@]2(CCN3CCc2ccccc2)[C@H]1O5. The molecule has 2 fully saturated rings. The number of likely N-dealkylation sites (tertiary alicyclic amines) is 1. The lowest BCUT2D eigenvalue weighted by Crippen LogP contribution is -2.69. The Balaban J connectivity index is 1.15. The Labute approximate surface area is 249 Å².